The first-order chi connectivity index (χ1) is 16.1. The monoisotopic (exact) mass is 461 g/mol. The molecule has 4 nitrogen and oxygen atoms in total. The molecule has 4 rings (SSSR count). The molecule has 2 N–H and O–H groups in total. The second kappa shape index (κ2) is 11.4. The lowest BCUT2D eigenvalue weighted by atomic mass is 9.97. The van der Waals surface area contributed by atoms with Crippen molar-refractivity contribution in [3.8, 4) is 5.75 Å². The largest absolute Gasteiger partial charge is 0.486 e. The molecule has 0 spiro atoms. The second-order valence-corrected chi connectivity index (χ2v) is 9.19. The third-order valence-corrected chi connectivity index (χ3v) is 6.34. The van der Waals surface area contributed by atoms with Crippen molar-refractivity contribution in [1.29, 1.82) is 0 Å². The van der Waals surface area contributed by atoms with Gasteiger partial charge in [-0.3, -0.25) is 0 Å². The molecule has 0 amide bonds. The molecule has 0 saturated heterocycles. The summed E-state index contributed by atoms with van der Waals surface area (Å²) in [5.41, 5.74) is 6.11. The van der Waals surface area contributed by atoms with Crippen LogP contribution >= 0.6 is 11.6 Å². The number of rotatable bonds is 11. The average molecular weight is 462 g/mol. The molecule has 4 aromatic rings. The van der Waals surface area contributed by atoms with Gasteiger partial charge in [0.2, 0.25) is 0 Å². The summed E-state index contributed by atoms with van der Waals surface area (Å²) in [6.07, 6.45) is 3.29. The quantitative estimate of drug-likeness (QED) is 0.250. The Morgan fingerprint density at radius 2 is 1.79 bits per heavy atom. The highest BCUT2D eigenvalue weighted by atomic mass is 35.5. The first kappa shape index (κ1) is 23.3. The van der Waals surface area contributed by atoms with Gasteiger partial charge in [0.05, 0.1) is 11.0 Å². The maximum Gasteiger partial charge on any atom is 0.146 e. The zero-order valence-electron chi connectivity index (χ0n) is 19.4. The number of halogens is 1. The highest BCUT2D eigenvalue weighted by Crippen LogP contribution is 2.23. The number of hydrogen-bond donors (Lipinski definition) is 2. The number of aryl methyl sites for hydroxylation is 2. The van der Waals surface area contributed by atoms with Crippen LogP contribution in [0.25, 0.3) is 11.0 Å². The third-order valence-electron chi connectivity index (χ3n) is 6.09. The van der Waals surface area contributed by atoms with Crippen LogP contribution in [-0.4, -0.2) is 23.1 Å². The van der Waals surface area contributed by atoms with E-state index in [0.29, 0.717) is 17.5 Å². The Labute approximate surface area is 201 Å². The lowest BCUT2D eigenvalue weighted by molar-refractivity contribution is 0.297. The molecule has 172 valence electrons. The third kappa shape index (κ3) is 6.59. The van der Waals surface area contributed by atoms with E-state index in [0.717, 1.165) is 55.0 Å². The van der Waals surface area contributed by atoms with Crippen LogP contribution in [0.5, 0.6) is 5.75 Å². The van der Waals surface area contributed by atoms with Crippen molar-refractivity contribution in [2.75, 3.05) is 13.1 Å². The molecule has 0 bridgehead atoms. The lowest BCUT2D eigenvalue weighted by Crippen LogP contribution is -2.23. The van der Waals surface area contributed by atoms with Crippen molar-refractivity contribution in [3.63, 3.8) is 0 Å². The predicted octanol–water partition coefficient (Wildman–Crippen LogP) is 6.50. The minimum Gasteiger partial charge on any atom is -0.486 e. The van der Waals surface area contributed by atoms with Crippen molar-refractivity contribution < 1.29 is 4.74 Å². The van der Waals surface area contributed by atoms with Crippen LogP contribution in [0.2, 0.25) is 5.02 Å². The predicted molar refractivity (Wildman–Crippen MR) is 137 cm³/mol. The Balaban J connectivity index is 1.27. The molecular formula is C28H32ClN3O. The number of H-pyrrole nitrogens is 1. The van der Waals surface area contributed by atoms with Gasteiger partial charge >= 0.3 is 0 Å². The van der Waals surface area contributed by atoms with Crippen molar-refractivity contribution in [1.82, 2.24) is 15.3 Å². The minimum atomic E-state index is 0.400. The second-order valence-electron chi connectivity index (χ2n) is 8.76. The van der Waals surface area contributed by atoms with E-state index in [4.69, 9.17) is 21.3 Å². The summed E-state index contributed by atoms with van der Waals surface area (Å²) in [6.45, 7) is 6.96. The average Bonchev–Trinajstić information content (AvgIpc) is 3.26. The fourth-order valence-corrected chi connectivity index (χ4v) is 4.18. The van der Waals surface area contributed by atoms with Crippen LogP contribution in [0.3, 0.4) is 0 Å². The summed E-state index contributed by atoms with van der Waals surface area (Å²) in [4.78, 5) is 8.19. The van der Waals surface area contributed by atoms with E-state index >= 15 is 0 Å². The molecule has 33 heavy (non-hydrogen) atoms. The van der Waals surface area contributed by atoms with Gasteiger partial charge in [-0.2, -0.15) is 0 Å². The number of aromatic nitrogens is 2. The summed E-state index contributed by atoms with van der Waals surface area (Å²) in [6, 6.07) is 22.4. The summed E-state index contributed by atoms with van der Waals surface area (Å²) < 4.78 is 5.84. The zero-order valence-corrected chi connectivity index (χ0v) is 20.2. The lowest BCUT2D eigenvalue weighted by Gasteiger charge is -2.14. The maximum absolute atomic E-state index is 5.94. The van der Waals surface area contributed by atoms with Crippen molar-refractivity contribution >= 4 is 22.6 Å². The Kier molecular flexibility index (Phi) is 8.03. The molecule has 1 heterocycles. The van der Waals surface area contributed by atoms with Crippen LogP contribution < -0.4 is 10.1 Å². The number of ether oxygens (including phenoxy) is 1. The molecule has 0 fully saturated rings. The van der Waals surface area contributed by atoms with Crippen LogP contribution in [-0.2, 0) is 19.4 Å². The van der Waals surface area contributed by atoms with Gasteiger partial charge in [0.1, 0.15) is 18.2 Å². The molecule has 1 unspecified atom stereocenters. The van der Waals surface area contributed by atoms with E-state index in [2.05, 4.69) is 66.6 Å². The molecule has 1 atom stereocenters. The van der Waals surface area contributed by atoms with Gasteiger partial charge in [-0.1, -0.05) is 54.9 Å². The normalized spacial score (nSPS) is 12.2. The van der Waals surface area contributed by atoms with E-state index in [9.17, 15) is 0 Å². The topological polar surface area (TPSA) is 49.9 Å². The molecule has 0 aliphatic carbocycles. The number of imidazole rings is 1. The van der Waals surface area contributed by atoms with E-state index in [1.165, 1.54) is 16.7 Å². The molecule has 0 radical (unpaired) electrons. The molecule has 3 aromatic carbocycles. The van der Waals surface area contributed by atoms with Gasteiger partial charge in [-0.25, -0.2) is 4.98 Å². The molecule has 0 aliphatic rings. The molecule has 1 aromatic heterocycles. The SMILES string of the molecule is Cc1c(CCC(C)CNCCc2ccccc2)ccc2[nH]c(COc3ccc(Cl)cc3)nc12. The van der Waals surface area contributed by atoms with Gasteiger partial charge in [-0.05, 0) is 92.2 Å². The fourth-order valence-electron chi connectivity index (χ4n) is 4.06. The van der Waals surface area contributed by atoms with Crippen LogP contribution in [0, 0.1) is 12.8 Å². The summed E-state index contributed by atoms with van der Waals surface area (Å²) in [5, 5.41) is 4.31. The van der Waals surface area contributed by atoms with E-state index in [1.807, 2.05) is 24.3 Å². The van der Waals surface area contributed by atoms with Gasteiger partial charge in [0.25, 0.3) is 0 Å². The fraction of sp³-hybridized carbons (Fsp3) is 0.321. The standard InChI is InChI=1S/C28H32ClN3O/c1-20(18-30-17-16-22-6-4-3-5-7-22)8-9-23-10-15-26-28(21(23)2)32-27(31-26)19-33-25-13-11-24(29)12-14-25/h3-7,10-15,20,30H,8-9,16-19H2,1-2H3,(H,31,32). The number of nitrogens with zero attached hydrogens (tertiary/aromatic N) is 1. The zero-order chi connectivity index (χ0) is 23.0. The van der Waals surface area contributed by atoms with Gasteiger partial charge < -0.3 is 15.0 Å². The van der Waals surface area contributed by atoms with E-state index in [-0.39, 0.29) is 0 Å². The molecular weight excluding hydrogens is 430 g/mol. The number of nitrogens with one attached hydrogen (secondary N) is 2. The Morgan fingerprint density at radius 1 is 1.00 bits per heavy atom. The van der Waals surface area contributed by atoms with Gasteiger partial charge in [0.15, 0.2) is 0 Å². The smallest absolute Gasteiger partial charge is 0.146 e. The minimum absolute atomic E-state index is 0.400. The Morgan fingerprint density at radius 3 is 2.58 bits per heavy atom. The Bertz CT molecular complexity index is 1160. The number of aromatic amines is 1. The molecule has 0 aliphatic heterocycles. The first-order valence-electron chi connectivity index (χ1n) is 11.7. The highest BCUT2D eigenvalue weighted by molar-refractivity contribution is 6.30. The van der Waals surface area contributed by atoms with Gasteiger partial charge in [0, 0.05) is 5.02 Å². The number of hydrogen-bond acceptors (Lipinski definition) is 3. The van der Waals surface area contributed by atoms with Crippen LogP contribution in [0.15, 0.2) is 66.7 Å². The number of fused-ring (bicyclic) bond motifs is 1. The van der Waals surface area contributed by atoms with E-state index in [1.54, 1.807) is 0 Å². The highest BCUT2D eigenvalue weighted by Gasteiger charge is 2.11. The van der Waals surface area contributed by atoms with E-state index < -0.39 is 0 Å². The summed E-state index contributed by atoms with van der Waals surface area (Å²) in [5.74, 6) is 2.23. The van der Waals surface area contributed by atoms with Crippen molar-refractivity contribution in [2.24, 2.45) is 5.92 Å². The Hall–Kier alpha value is -2.82. The van der Waals surface area contributed by atoms with Crippen molar-refractivity contribution in [2.45, 2.75) is 39.7 Å². The molecule has 5 heteroatoms. The summed E-state index contributed by atoms with van der Waals surface area (Å²) in [7, 11) is 0. The molecule has 0 saturated carbocycles. The number of benzene rings is 3. The van der Waals surface area contributed by atoms with Crippen LogP contribution in [0.4, 0.5) is 0 Å². The first-order valence-corrected chi connectivity index (χ1v) is 12.1. The summed E-state index contributed by atoms with van der Waals surface area (Å²) >= 11 is 5.94. The maximum atomic E-state index is 5.94. The van der Waals surface area contributed by atoms with Gasteiger partial charge in [-0.15, -0.1) is 0 Å². The van der Waals surface area contributed by atoms with Crippen LogP contribution in [0.1, 0.15) is 35.9 Å². The van der Waals surface area contributed by atoms with Crippen molar-refractivity contribution in [3.05, 3.63) is 94.3 Å².